The first-order chi connectivity index (χ1) is 7.84. The molecule has 0 unspecified atom stereocenters. The first kappa shape index (κ1) is 14.3. The number of rotatable bonds is 3. The Labute approximate surface area is 104 Å². The highest BCUT2D eigenvalue weighted by molar-refractivity contribution is 5.66. The van der Waals surface area contributed by atoms with Gasteiger partial charge in [-0.15, -0.1) is 0 Å². The summed E-state index contributed by atoms with van der Waals surface area (Å²) in [4.78, 5) is 12.8. The molecule has 0 heterocycles. The van der Waals surface area contributed by atoms with E-state index in [0.29, 0.717) is 18.6 Å². The van der Waals surface area contributed by atoms with E-state index in [-0.39, 0.29) is 5.54 Å². The number of methoxy groups -OCH3 is 1. The van der Waals surface area contributed by atoms with Gasteiger partial charge in [-0.3, -0.25) is 0 Å². The highest BCUT2D eigenvalue weighted by Crippen LogP contribution is 2.28. The zero-order valence-electron chi connectivity index (χ0n) is 11.4. The van der Waals surface area contributed by atoms with Crippen LogP contribution in [0.3, 0.4) is 0 Å². The number of carbonyl (C=O) groups is 1. The third-order valence-electron chi connectivity index (χ3n) is 3.61. The largest absolute Gasteiger partial charge is 0.465 e. The van der Waals surface area contributed by atoms with E-state index < -0.39 is 6.09 Å². The quantitative estimate of drug-likeness (QED) is 0.829. The second-order valence-corrected chi connectivity index (χ2v) is 5.94. The molecule has 1 N–H and O–H groups in total. The molecule has 0 aromatic heterocycles. The number of nitrogens with zero attached hydrogens (tertiary/aromatic N) is 1. The predicted molar refractivity (Wildman–Crippen MR) is 67.2 cm³/mol. The molecule has 0 aromatic carbocycles. The molecule has 100 valence electrons. The highest BCUT2D eigenvalue weighted by Gasteiger charge is 2.30. The second-order valence-electron chi connectivity index (χ2n) is 5.94. The molecule has 1 aliphatic carbocycles. The van der Waals surface area contributed by atoms with Gasteiger partial charge in [0.1, 0.15) is 0 Å². The molecule has 0 atom stereocenters. The summed E-state index contributed by atoms with van der Waals surface area (Å²) in [6.07, 6.45) is 3.80. The number of carboxylic acid groups (broad SMARTS) is 1. The van der Waals surface area contributed by atoms with Gasteiger partial charge in [-0.05, 0) is 52.4 Å². The zero-order chi connectivity index (χ0) is 13.1. The zero-order valence-corrected chi connectivity index (χ0v) is 11.4. The van der Waals surface area contributed by atoms with Gasteiger partial charge >= 0.3 is 6.09 Å². The lowest BCUT2D eigenvalue weighted by Crippen LogP contribution is -2.47. The third-order valence-corrected chi connectivity index (χ3v) is 3.61. The van der Waals surface area contributed by atoms with Gasteiger partial charge in [0.25, 0.3) is 0 Å². The van der Waals surface area contributed by atoms with Gasteiger partial charge in [0.15, 0.2) is 0 Å². The molecule has 1 saturated carbocycles. The van der Waals surface area contributed by atoms with E-state index in [4.69, 9.17) is 4.74 Å². The summed E-state index contributed by atoms with van der Waals surface area (Å²) in [7, 11) is 1.75. The lowest BCUT2D eigenvalue weighted by Gasteiger charge is -2.37. The average Bonchev–Trinajstić information content (AvgIpc) is 2.24. The van der Waals surface area contributed by atoms with Crippen molar-refractivity contribution >= 4 is 6.09 Å². The van der Waals surface area contributed by atoms with Crippen molar-refractivity contribution in [3.63, 3.8) is 0 Å². The maximum absolute atomic E-state index is 11.2. The SMILES string of the molecule is COC1CCC(CN(C(=O)O)C(C)(C)C)CC1. The Bertz CT molecular complexity index is 252. The Morgan fingerprint density at radius 3 is 2.18 bits per heavy atom. The minimum atomic E-state index is -0.814. The van der Waals surface area contributed by atoms with Gasteiger partial charge in [-0.25, -0.2) is 4.79 Å². The number of hydrogen-bond acceptors (Lipinski definition) is 2. The molecule has 0 saturated heterocycles. The third kappa shape index (κ3) is 4.19. The molecule has 4 nitrogen and oxygen atoms in total. The molecular formula is C13H25NO3. The van der Waals surface area contributed by atoms with Gasteiger partial charge in [0, 0.05) is 19.2 Å². The normalized spacial score (nSPS) is 25.6. The van der Waals surface area contributed by atoms with Crippen LogP contribution in [0.4, 0.5) is 4.79 Å². The van der Waals surface area contributed by atoms with Crippen LogP contribution in [0.25, 0.3) is 0 Å². The molecule has 1 fully saturated rings. The molecule has 1 aliphatic rings. The molecule has 0 aliphatic heterocycles. The van der Waals surface area contributed by atoms with Gasteiger partial charge in [0.2, 0.25) is 0 Å². The van der Waals surface area contributed by atoms with E-state index in [0.717, 1.165) is 25.7 Å². The summed E-state index contributed by atoms with van der Waals surface area (Å²) in [6.45, 7) is 6.49. The Balaban J connectivity index is 2.50. The maximum Gasteiger partial charge on any atom is 0.407 e. The maximum atomic E-state index is 11.2. The van der Waals surface area contributed by atoms with Gasteiger partial charge in [0.05, 0.1) is 6.10 Å². The fourth-order valence-corrected chi connectivity index (χ4v) is 2.45. The molecule has 1 amide bonds. The molecule has 0 spiro atoms. The van der Waals surface area contributed by atoms with Crippen LogP contribution in [0.2, 0.25) is 0 Å². The van der Waals surface area contributed by atoms with Crippen molar-refractivity contribution in [3.05, 3.63) is 0 Å². The molecule has 1 rings (SSSR count). The van der Waals surface area contributed by atoms with Crippen LogP contribution >= 0.6 is 0 Å². The van der Waals surface area contributed by atoms with Gasteiger partial charge in [-0.1, -0.05) is 0 Å². The summed E-state index contributed by atoms with van der Waals surface area (Å²) in [5.74, 6) is 0.483. The van der Waals surface area contributed by atoms with Crippen molar-refractivity contribution in [2.24, 2.45) is 5.92 Å². The van der Waals surface area contributed by atoms with E-state index in [2.05, 4.69) is 0 Å². The predicted octanol–water partition coefficient (Wildman–Crippen LogP) is 2.97. The Kier molecular flexibility index (Phi) is 4.80. The number of amides is 1. The molecular weight excluding hydrogens is 218 g/mol. The Morgan fingerprint density at radius 1 is 1.29 bits per heavy atom. The summed E-state index contributed by atoms with van der Waals surface area (Å²) in [5.41, 5.74) is -0.316. The smallest absolute Gasteiger partial charge is 0.407 e. The Morgan fingerprint density at radius 2 is 1.82 bits per heavy atom. The lowest BCUT2D eigenvalue weighted by atomic mass is 9.86. The first-order valence-electron chi connectivity index (χ1n) is 6.38. The van der Waals surface area contributed by atoms with Crippen molar-refractivity contribution < 1.29 is 14.6 Å². The average molecular weight is 243 g/mol. The van der Waals surface area contributed by atoms with Crippen LogP contribution in [0, 0.1) is 5.92 Å². The van der Waals surface area contributed by atoms with Crippen molar-refractivity contribution in [1.82, 2.24) is 4.90 Å². The van der Waals surface area contributed by atoms with Crippen molar-refractivity contribution in [2.45, 2.75) is 58.1 Å². The number of ether oxygens (including phenoxy) is 1. The standard InChI is InChI=1S/C13H25NO3/c1-13(2,3)14(12(15)16)9-10-5-7-11(17-4)8-6-10/h10-11H,5-9H2,1-4H3,(H,15,16). The minimum absolute atomic E-state index is 0.316. The van der Waals surface area contributed by atoms with Gasteiger partial charge in [-0.2, -0.15) is 0 Å². The van der Waals surface area contributed by atoms with E-state index in [1.54, 1.807) is 12.0 Å². The molecule has 4 heteroatoms. The number of hydrogen-bond donors (Lipinski definition) is 1. The summed E-state index contributed by atoms with van der Waals surface area (Å²) < 4.78 is 5.33. The van der Waals surface area contributed by atoms with Crippen LogP contribution in [0.1, 0.15) is 46.5 Å². The fourth-order valence-electron chi connectivity index (χ4n) is 2.45. The Hall–Kier alpha value is -0.770. The highest BCUT2D eigenvalue weighted by atomic mass is 16.5. The van der Waals surface area contributed by atoms with E-state index >= 15 is 0 Å². The molecule has 0 aromatic rings. The summed E-state index contributed by atoms with van der Waals surface area (Å²) in [5, 5.41) is 9.24. The van der Waals surface area contributed by atoms with E-state index in [9.17, 15) is 9.90 Å². The lowest BCUT2D eigenvalue weighted by molar-refractivity contribution is 0.0394. The fraction of sp³-hybridized carbons (Fsp3) is 0.923. The molecule has 0 bridgehead atoms. The topological polar surface area (TPSA) is 49.8 Å². The summed E-state index contributed by atoms with van der Waals surface area (Å²) in [6, 6.07) is 0. The van der Waals surface area contributed by atoms with Crippen LogP contribution in [-0.4, -0.2) is 41.4 Å². The first-order valence-corrected chi connectivity index (χ1v) is 6.38. The minimum Gasteiger partial charge on any atom is -0.465 e. The van der Waals surface area contributed by atoms with Gasteiger partial charge < -0.3 is 14.7 Å². The van der Waals surface area contributed by atoms with Crippen LogP contribution in [0.5, 0.6) is 0 Å². The van der Waals surface area contributed by atoms with Crippen LogP contribution in [0.15, 0.2) is 0 Å². The van der Waals surface area contributed by atoms with Crippen molar-refractivity contribution in [3.8, 4) is 0 Å². The van der Waals surface area contributed by atoms with Crippen LogP contribution in [-0.2, 0) is 4.74 Å². The second kappa shape index (κ2) is 5.71. The van der Waals surface area contributed by atoms with Crippen LogP contribution < -0.4 is 0 Å². The van der Waals surface area contributed by atoms with E-state index in [1.165, 1.54) is 0 Å². The molecule has 17 heavy (non-hydrogen) atoms. The van der Waals surface area contributed by atoms with Crippen molar-refractivity contribution in [1.29, 1.82) is 0 Å². The summed E-state index contributed by atoms with van der Waals surface area (Å²) >= 11 is 0. The molecule has 0 radical (unpaired) electrons. The monoisotopic (exact) mass is 243 g/mol. The van der Waals surface area contributed by atoms with Crippen molar-refractivity contribution in [2.75, 3.05) is 13.7 Å². The van der Waals surface area contributed by atoms with E-state index in [1.807, 2.05) is 20.8 Å².